The topological polar surface area (TPSA) is 101 Å². The van der Waals surface area contributed by atoms with E-state index in [4.69, 9.17) is 11.6 Å². The maximum atomic E-state index is 12.5. The van der Waals surface area contributed by atoms with Crippen molar-refractivity contribution in [2.24, 2.45) is 0 Å². The summed E-state index contributed by atoms with van der Waals surface area (Å²) in [7, 11) is 0. The Bertz CT molecular complexity index is 1010. The monoisotopic (exact) mass is 353 g/mol. The Morgan fingerprint density at radius 1 is 1.24 bits per heavy atom. The molecule has 0 aliphatic heterocycles. The molecule has 0 unspecified atom stereocenters. The summed E-state index contributed by atoms with van der Waals surface area (Å²) in [5, 5.41) is 14.1. The minimum absolute atomic E-state index is 0.263. The van der Waals surface area contributed by atoms with Gasteiger partial charge in [-0.1, -0.05) is 23.7 Å². The molecule has 0 saturated carbocycles. The Kier molecular flexibility index (Phi) is 3.87. The van der Waals surface area contributed by atoms with Crippen molar-refractivity contribution in [3.63, 3.8) is 0 Å². The van der Waals surface area contributed by atoms with Gasteiger partial charge in [0.05, 0.1) is 33.9 Å². The highest BCUT2D eigenvalue weighted by atomic mass is 35.5. The first kappa shape index (κ1) is 15.3. The Morgan fingerprint density at radius 3 is 2.92 bits per heavy atom. The van der Waals surface area contributed by atoms with Crippen LogP contribution in [0.5, 0.6) is 0 Å². The molecule has 1 amide bonds. The highest BCUT2D eigenvalue weighted by Crippen LogP contribution is 2.19. The number of fused-ring (bicyclic) bond motifs is 1. The third-order valence-electron chi connectivity index (χ3n) is 3.66. The predicted octanol–water partition coefficient (Wildman–Crippen LogP) is 2.12. The maximum Gasteiger partial charge on any atom is 0.253 e. The number of rotatable bonds is 4. The fourth-order valence-corrected chi connectivity index (χ4v) is 2.66. The van der Waals surface area contributed by atoms with E-state index in [1.807, 2.05) is 24.3 Å². The first-order valence-electron chi connectivity index (χ1n) is 7.45. The molecule has 4 rings (SSSR count). The summed E-state index contributed by atoms with van der Waals surface area (Å²) < 4.78 is 1.45. The van der Waals surface area contributed by atoms with E-state index in [9.17, 15) is 4.79 Å². The molecular weight excluding hydrogens is 342 g/mol. The van der Waals surface area contributed by atoms with E-state index in [1.165, 1.54) is 11.0 Å². The fourth-order valence-electron chi connectivity index (χ4n) is 2.46. The highest BCUT2D eigenvalue weighted by Gasteiger charge is 2.13. The van der Waals surface area contributed by atoms with Gasteiger partial charge in [-0.3, -0.25) is 4.79 Å². The molecule has 25 heavy (non-hydrogen) atoms. The number of aromatic amines is 1. The lowest BCUT2D eigenvalue weighted by Crippen LogP contribution is -2.24. The maximum absolute atomic E-state index is 12.5. The van der Waals surface area contributed by atoms with Crippen molar-refractivity contribution >= 4 is 28.5 Å². The third-order valence-corrected chi connectivity index (χ3v) is 3.99. The van der Waals surface area contributed by atoms with Crippen LogP contribution in [0, 0.1) is 0 Å². The summed E-state index contributed by atoms with van der Waals surface area (Å²) in [6, 6.07) is 12.7. The average Bonchev–Trinajstić information content (AvgIpc) is 3.29. The van der Waals surface area contributed by atoms with Crippen LogP contribution >= 0.6 is 11.6 Å². The Hall–Kier alpha value is -3.26. The molecular formula is C16H12ClN7O. The van der Waals surface area contributed by atoms with Crippen molar-refractivity contribution in [3.05, 3.63) is 65.2 Å². The number of halogens is 1. The van der Waals surface area contributed by atoms with Crippen LogP contribution in [0.4, 0.5) is 0 Å². The Labute approximate surface area is 146 Å². The minimum Gasteiger partial charge on any atom is -0.345 e. The molecule has 8 nitrogen and oxygen atoms in total. The number of para-hydroxylation sites is 2. The number of H-pyrrole nitrogens is 1. The van der Waals surface area contributed by atoms with Crippen molar-refractivity contribution in [1.29, 1.82) is 0 Å². The molecule has 0 aliphatic carbocycles. The van der Waals surface area contributed by atoms with E-state index in [2.05, 4.69) is 30.8 Å². The molecule has 4 aromatic rings. The zero-order chi connectivity index (χ0) is 17.2. The number of carbonyl (C=O) groups excluding carboxylic acids is 1. The third kappa shape index (κ3) is 3.07. The van der Waals surface area contributed by atoms with Crippen LogP contribution in [0.3, 0.4) is 0 Å². The zero-order valence-electron chi connectivity index (χ0n) is 12.8. The number of amides is 1. The predicted molar refractivity (Wildman–Crippen MR) is 91.4 cm³/mol. The SMILES string of the molecule is O=C(NCc1nc2ccccc2[nH]1)c1cc(-n2cnnn2)ccc1Cl. The van der Waals surface area contributed by atoms with E-state index >= 15 is 0 Å². The standard InChI is InChI=1S/C16H12ClN7O/c17-12-6-5-10(24-9-19-22-23-24)7-11(12)16(25)18-8-15-20-13-3-1-2-4-14(13)21-15/h1-7,9H,8H2,(H,18,25)(H,20,21). The number of aromatic nitrogens is 6. The van der Waals surface area contributed by atoms with E-state index in [0.29, 0.717) is 22.1 Å². The first-order valence-corrected chi connectivity index (χ1v) is 7.83. The van der Waals surface area contributed by atoms with Crippen LogP contribution in [0.1, 0.15) is 16.2 Å². The second-order valence-corrected chi connectivity index (χ2v) is 5.71. The molecule has 2 heterocycles. The molecule has 2 N–H and O–H groups in total. The van der Waals surface area contributed by atoms with Gasteiger partial charge in [-0.05, 0) is 40.8 Å². The zero-order valence-corrected chi connectivity index (χ0v) is 13.6. The number of nitrogens with one attached hydrogen (secondary N) is 2. The molecule has 124 valence electrons. The van der Waals surface area contributed by atoms with Gasteiger partial charge in [0.2, 0.25) is 0 Å². The van der Waals surface area contributed by atoms with Crippen LogP contribution in [-0.2, 0) is 6.54 Å². The van der Waals surface area contributed by atoms with E-state index < -0.39 is 0 Å². The van der Waals surface area contributed by atoms with Gasteiger partial charge in [-0.15, -0.1) is 5.10 Å². The normalized spacial score (nSPS) is 10.9. The number of benzene rings is 2. The number of imidazole rings is 1. The van der Waals surface area contributed by atoms with Crippen molar-refractivity contribution in [2.75, 3.05) is 0 Å². The number of tetrazole rings is 1. The van der Waals surface area contributed by atoms with Crippen LogP contribution in [0.15, 0.2) is 48.8 Å². The number of hydrogen-bond acceptors (Lipinski definition) is 5. The second kappa shape index (κ2) is 6.33. The number of carbonyl (C=O) groups is 1. The van der Waals surface area contributed by atoms with Gasteiger partial charge < -0.3 is 10.3 Å². The molecule has 0 atom stereocenters. The smallest absolute Gasteiger partial charge is 0.253 e. The summed E-state index contributed by atoms with van der Waals surface area (Å²) in [4.78, 5) is 20.1. The molecule has 2 aromatic carbocycles. The molecule has 2 aromatic heterocycles. The molecule has 9 heteroatoms. The number of nitrogens with zero attached hydrogens (tertiary/aromatic N) is 5. The minimum atomic E-state index is -0.305. The van der Waals surface area contributed by atoms with E-state index in [1.54, 1.807) is 18.2 Å². The molecule has 0 saturated heterocycles. The molecule has 0 radical (unpaired) electrons. The summed E-state index contributed by atoms with van der Waals surface area (Å²) in [6.45, 7) is 0.263. The first-order chi connectivity index (χ1) is 12.2. The van der Waals surface area contributed by atoms with Crippen LogP contribution in [0.2, 0.25) is 5.02 Å². The Morgan fingerprint density at radius 2 is 2.12 bits per heavy atom. The van der Waals surface area contributed by atoms with Crippen molar-refractivity contribution in [3.8, 4) is 5.69 Å². The van der Waals surface area contributed by atoms with Gasteiger partial charge in [0.25, 0.3) is 5.91 Å². The van der Waals surface area contributed by atoms with Crippen molar-refractivity contribution < 1.29 is 4.79 Å². The molecule has 0 bridgehead atoms. The van der Waals surface area contributed by atoms with Crippen molar-refractivity contribution in [1.82, 2.24) is 35.5 Å². The van der Waals surface area contributed by atoms with Gasteiger partial charge in [-0.2, -0.15) is 0 Å². The van der Waals surface area contributed by atoms with E-state index in [-0.39, 0.29) is 12.5 Å². The van der Waals surface area contributed by atoms with Gasteiger partial charge in [-0.25, -0.2) is 9.67 Å². The molecule has 0 aliphatic rings. The second-order valence-electron chi connectivity index (χ2n) is 5.30. The van der Waals surface area contributed by atoms with E-state index in [0.717, 1.165) is 11.0 Å². The van der Waals surface area contributed by atoms with Crippen LogP contribution < -0.4 is 5.32 Å². The van der Waals surface area contributed by atoms with Crippen LogP contribution in [0.25, 0.3) is 16.7 Å². The summed E-state index contributed by atoms with van der Waals surface area (Å²) in [5.41, 5.74) is 2.75. The van der Waals surface area contributed by atoms with Crippen LogP contribution in [-0.4, -0.2) is 36.1 Å². The molecule has 0 fully saturated rings. The van der Waals surface area contributed by atoms with Gasteiger partial charge in [0, 0.05) is 0 Å². The quantitative estimate of drug-likeness (QED) is 0.585. The lowest BCUT2D eigenvalue weighted by molar-refractivity contribution is 0.0950. The summed E-state index contributed by atoms with van der Waals surface area (Å²) >= 11 is 6.15. The van der Waals surface area contributed by atoms with Gasteiger partial charge >= 0.3 is 0 Å². The lowest BCUT2D eigenvalue weighted by atomic mass is 10.2. The molecule has 0 spiro atoms. The fraction of sp³-hybridized carbons (Fsp3) is 0.0625. The van der Waals surface area contributed by atoms with Gasteiger partial charge in [0.15, 0.2) is 0 Å². The average molecular weight is 354 g/mol. The number of hydrogen-bond donors (Lipinski definition) is 2. The lowest BCUT2D eigenvalue weighted by Gasteiger charge is -2.07. The Balaban J connectivity index is 1.53. The largest absolute Gasteiger partial charge is 0.345 e. The summed E-state index contributed by atoms with van der Waals surface area (Å²) in [5.74, 6) is 0.364. The highest BCUT2D eigenvalue weighted by molar-refractivity contribution is 6.33. The summed E-state index contributed by atoms with van der Waals surface area (Å²) in [6.07, 6.45) is 1.44. The van der Waals surface area contributed by atoms with Crippen molar-refractivity contribution in [2.45, 2.75) is 6.54 Å². The van der Waals surface area contributed by atoms with Gasteiger partial charge in [0.1, 0.15) is 12.2 Å².